The van der Waals surface area contributed by atoms with Crippen LogP contribution in [0, 0.1) is 6.92 Å². The summed E-state index contributed by atoms with van der Waals surface area (Å²) in [4.78, 5) is 63.9. The monoisotopic (exact) mass is 840 g/mol. The van der Waals surface area contributed by atoms with Gasteiger partial charge in [0.15, 0.2) is 5.82 Å². The van der Waals surface area contributed by atoms with E-state index >= 15 is 0 Å². The first-order valence-corrected chi connectivity index (χ1v) is 21.6. The highest BCUT2D eigenvalue weighted by atomic mass is 35.5. The SMILES string of the molecule is Cc1nnc2n1-c1ccc(-c3cnn(CCCCCCN4CCC(Oc5nccc6c5C(=O)N(C5CCC(=O)NC5=O)C6=O)CC4)c3)cc1C(c1ccc(Cl)cc1)=NC21CC1. The maximum atomic E-state index is 13.4. The van der Waals surface area contributed by atoms with E-state index in [4.69, 9.17) is 26.4 Å². The highest BCUT2D eigenvalue weighted by Gasteiger charge is 2.51. The minimum Gasteiger partial charge on any atom is -0.474 e. The second-order valence-corrected chi connectivity index (χ2v) is 17.1. The Hall–Kier alpha value is -6.06. The summed E-state index contributed by atoms with van der Waals surface area (Å²) in [6.07, 6.45) is 13.3. The third-order valence-electron chi connectivity index (χ3n) is 12.6. The number of imide groups is 2. The van der Waals surface area contributed by atoms with Crippen molar-refractivity contribution in [2.75, 3.05) is 19.6 Å². The van der Waals surface area contributed by atoms with Crippen LogP contribution in [0.2, 0.25) is 5.02 Å². The molecular weight excluding hydrogens is 796 g/mol. The fraction of sp³-hybridized carbons (Fsp3) is 0.400. The fourth-order valence-corrected chi connectivity index (χ4v) is 9.26. The zero-order valence-corrected chi connectivity index (χ0v) is 34.6. The first-order valence-electron chi connectivity index (χ1n) is 21.2. The highest BCUT2D eigenvalue weighted by molar-refractivity contribution is 6.30. The van der Waals surface area contributed by atoms with Gasteiger partial charge in [-0.3, -0.25) is 43.6 Å². The predicted molar refractivity (Wildman–Crippen MR) is 225 cm³/mol. The van der Waals surface area contributed by atoms with Crippen LogP contribution in [0.15, 0.2) is 72.1 Å². The van der Waals surface area contributed by atoms with E-state index in [1.807, 2.05) is 42.1 Å². The van der Waals surface area contributed by atoms with E-state index in [-0.39, 0.29) is 41.5 Å². The van der Waals surface area contributed by atoms with Gasteiger partial charge in [0.2, 0.25) is 17.7 Å². The van der Waals surface area contributed by atoms with E-state index < -0.39 is 29.7 Å². The number of nitrogens with one attached hydrogen (secondary N) is 1. The molecule has 7 heterocycles. The van der Waals surface area contributed by atoms with Crippen LogP contribution in [0.3, 0.4) is 0 Å². The van der Waals surface area contributed by atoms with Crippen LogP contribution in [0.1, 0.15) is 108 Å². The van der Waals surface area contributed by atoms with Crippen molar-refractivity contribution in [2.24, 2.45) is 4.99 Å². The first kappa shape index (κ1) is 39.1. The number of benzene rings is 2. The number of halogens is 1. The van der Waals surface area contributed by atoms with Gasteiger partial charge in [0.25, 0.3) is 11.8 Å². The number of amides is 4. The predicted octanol–water partition coefficient (Wildman–Crippen LogP) is 5.83. The molecule has 4 aliphatic heterocycles. The minimum atomic E-state index is -1.03. The number of unbranched alkanes of at least 4 members (excludes halogenated alkanes) is 3. The summed E-state index contributed by atoms with van der Waals surface area (Å²) in [7, 11) is 0. The van der Waals surface area contributed by atoms with Crippen molar-refractivity contribution in [2.45, 2.75) is 95.4 Å². The van der Waals surface area contributed by atoms with Crippen molar-refractivity contribution in [3.05, 3.63) is 106 Å². The summed E-state index contributed by atoms with van der Waals surface area (Å²) in [6, 6.07) is 14.9. The average molecular weight is 841 g/mol. The largest absolute Gasteiger partial charge is 0.474 e. The van der Waals surface area contributed by atoms with Crippen molar-refractivity contribution in [3.63, 3.8) is 0 Å². The van der Waals surface area contributed by atoms with Gasteiger partial charge in [-0.2, -0.15) is 5.10 Å². The lowest BCUT2D eigenvalue weighted by Gasteiger charge is -2.32. The van der Waals surface area contributed by atoms with Crippen molar-refractivity contribution < 1.29 is 23.9 Å². The first-order chi connectivity index (χ1) is 29.7. The number of nitrogens with zero attached hydrogens (tertiary/aromatic N) is 9. The van der Waals surface area contributed by atoms with Gasteiger partial charge in [0, 0.05) is 60.2 Å². The smallest absolute Gasteiger partial charge is 0.267 e. The third-order valence-corrected chi connectivity index (χ3v) is 12.9. The molecule has 15 nitrogen and oxygen atoms in total. The number of hydrogen-bond acceptors (Lipinski definition) is 11. The molecule has 5 aromatic rings. The number of piperidine rings is 2. The number of fused-ring (bicyclic) bond motifs is 5. The molecule has 312 valence electrons. The molecule has 3 fully saturated rings. The van der Waals surface area contributed by atoms with E-state index in [9.17, 15) is 19.2 Å². The molecule has 10 rings (SSSR count). The Morgan fingerprint density at radius 3 is 2.39 bits per heavy atom. The second-order valence-electron chi connectivity index (χ2n) is 16.7. The van der Waals surface area contributed by atoms with Gasteiger partial charge in [-0.25, -0.2) is 4.98 Å². The number of carbonyl (C=O) groups is 4. The number of carbonyl (C=O) groups excluding carboxylic acids is 4. The fourth-order valence-electron chi connectivity index (χ4n) is 9.14. The van der Waals surface area contributed by atoms with Crippen molar-refractivity contribution in [3.8, 4) is 22.7 Å². The molecular formula is C45H45ClN10O5. The number of rotatable bonds is 12. The van der Waals surface area contributed by atoms with E-state index in [2.05, 4.69) is 54.4 Å². The van der Waals surface area contributed by atoms with Crippen molar-refractivity contribution in [1.29, 1.82) is 0 Å². The topological polar surface area (TPSA) is 170 Å². The van der Waals surface area contributed by atoms with Gasteiger partial charge in [0.05, 0.1) is 23.2 Å². The molecule has 4 amide bonds. The summed E-state index contributed by atoms with van der Waals surface area (Å²) < 4.78 is 10.4. The molecule has 2 aromatic carbocycles. The number of hydrogen-bond donors (Lipinski definition) is 1. The molecule has 1 unspecified atom stereocenters. The number of pyridine rings is 1. The normalized spacial score (nSPS) is 19.7. The Morgan fingerprint density at radius 2 is 1.62 bits per heavy atom. The standard InChI is InChI=1S/C45H45ClN10O5/c1-27-51-52-44-45(17-18-45)50-39(28-6-9-31(46)10-7-28)34-24-29(8-11-35(34)55(27)44)30-25-48-54(26-30)21-5-3-2-4-20-53-22-15-32(16-23-53)61-41-38-33(14-19-47-41)42(59)56(43(38)60)36-12-13-37(57)49-40(36)58/h6-11,14,19,24-26,32,36H,2-5,12-13,15-18,20-23H2,1H3,(H,49,57,58). The van der Waals surface area contributed by atoms with Gasteiger partial charge >= 0.3 is 0 Å². The molecule has 61 heavy (non-hydrogen) atoms. The van der Waals surface area contributed by atoms with Gasteiger partial charge in [-0.1, -0.05) is 42.6 Å². The number of aryl methyl sites for hydroxylation is 2. The summed E-state index contributed by atoms with van der Waals surface area (Å²) in [5, 5.41) is 16.7. The summed E-state index contributed by atoms with van der Waals surface area (Å²) in [6.45, 7) is 5.57. The summed E-state index contributed by atoms with van der Waals surface area (Å²) in [5.74, 6) is -0.366. The van der Waals surface area contributed by atoms with Crippen LogP contribution < -0.4 is 10.1 Å². The number of aliphatic imine (C=N–C) groups is 1. The Morgan fingerprint density at radius 1 is 0.852 bits per heavy atom. The molecule has 1 aliphatic carbocycles. The number of likely N-dealkylation sites (tertiary alicyclic amines) is 1. The molecule has 0 bridgehead atoms. The maximum absolute atomic E-state index is 13.4. The Balaban J connectivity index is 0.707. The van der Waals surface area contributed by atoms with E-state index in [0.29, 0.717) is 5.02 Å². The van der Waals surface area contributed by atoms with Gasteiger partial charge in [0.1, 0.15) is 29.1 Å². The molecule has 5 aliphatic rings. The van der Waals surface area contributed by atoms with Crippen LogP contribution in [-0.2, 0) is 21.7 Å². The lowest BCUT2D eigenvalue weighted by Crippen LogP contribution is -2.54. The molecule has 1 atom stereocenters. The molecule has 1 saturated carbocycles. The summed E-state index contributed by atoms with van der Waals surface area (Å²) in [5.41, 5.74) is 6.03. The molecule has 16 heteroatoms. The van der Waals surface area contributed by atoms with E-state index in [1.54, 1.807) is 0 Å². The van der Waals surface area contributed by atoms with Crippen molar-refractivity contribution >= 4 is 40.9 Å². The van der Waals surface area contributed by atoms with Gasteiger partial charge in [-0.15, -0.1) is 10.2 Å². The van der Waals surface area contributed by atoms with Crippen molar-refractivity contribution in [1.82, 2.24) is 44.6 Å². The number of aromatic nitrogens is 6. The minimum absolute atomic E-state index is 0.0619. The summed E-state index contributed by atoms with van der Waals surface area (Å²) >= 11 is 6.29. The lowest BCUT2D eigenvalue weighted by atomic mass is 9.96. The highest BCUT2D eigenvalue weighted by Crippen LogP contribution is 2.52. The number of ether oxygens (including phenoxy) is 1. The van der Waals surface area contributed by atoms with Crippen LogP contribution in [-0.4, -0.2) is 100 Å². The zero-order chi connectivity index (χ0) is 41.8. The lowest BCUT2D eigenvalue weighted by molar-refractivity contribution is -0.136. The van der Waals surface area contributed by atoms with Crippen LogP contribution in [0.25, 0.3) is 16.8 Å². The quantitative estimate of drug-likeness (QED) is 0.119. The third kappa shape index (κ3) is 7.33. The molecule has 1 N–H and O–H groups in total. The van der Waals surface area contributed by atoms with Crippen LogP contribution in [0.5, 0.6) is 5.88 Å². The molecule has 1 spiro atoms. The molecule has 0 radical (unpaired) electrons. The average Bonchev–Trinajstić information content (AvgIpc) is 3.60. The van der Waals surface area contributed by atoms with Crippen LogP contribution in [0.4, 0.5) is 0 Å². The Kier molecular flexibility index (Phi) is 10.1. The van der Waals surface area contributed by atoms with Gasteiger partial charge in [-0.05, 0) is 94.3 Å². The molecule has 3 aromatic heterocycles. The maximum Gasteiger partial charge on any atom is 0.267 e. The van der Waals surface area contributed by atoms with Gasteiger partial charge < -0.3 is 9.64 Å². The van der Waals surface area contributed by atoms with E-state index in [1.165, 1.54) is 12.3 Å². The van der Waals surface area contributed by atoms with Crippen LogP contribution >= 0.6 is 11.6 Å². The second kappa shape index (κ2) is 15.8. The zero-order valence-electron chi connectivity index (χ0n) is 33.8. The Bertz CT molecular complexity index is 2610. The van der Waals surface area contributed by atoms with E-state index in [0.717, 1.165) is 128 Å². The Labute approximate surface area is 357 Å². The molecule has 2 saturated heterocycles.